The number of hydrogen-bond acceptors (Lipinski definition) is 0. The van der Waals surface area contributed by atoms with Crippen LogP contribution in [-0.2, 0) is 5.41 Å². The van der Waals surface area contributed by atoms with Crippen LogP contribution < -0.4 is 0 Å². The molecule has 1 unspecified atom stereocenters. The molecule has 0 bridgehead atoms. The predicted octanol–water partition coefficient (Wildman–Crippen LogP) is 17.3. The summed E-state index contributed by atoms with van der Waals surface area (Å²) < 4.78 is 90.4. The summed E-state index contributed by atoms with van der Waals surface area (Å²) in [4.78, 5) is 0. The number of hydrogen-bond donors (Lipinski definition) is 0. The van der Waals surface area contributed by atoms with Crippen LogP contribution in [0.1, 0.15) is 58.6 Å². The molecule has 69 heavy (non-hydrogen) atoms. The van der Waals surface area contributed by atoms with Gasteiger partial charge in [-0.15, -0.1) is 0 Å². The lowest BCUT2D eigenvalue weighted by Crippen LogP contribution is -2.37. The summed E-state index contributed by atoms with van der Waals surface area (Å²) in [5, 5.41) is 1.76. The summed E-state index contributed by atoms with van der Waals surface area (Å²) in [6.07, 6.45) is 0. The van der Waals surface area contributed by atoms with E-state index in [1.54, 1.807) is 18.2 Å². The van der Waals surface area contributed by atoms with Gasteiger partial charge in [-0.2, -0.15) is 0 Å². The highest BCUT2D eigenvalue weighted by molar-refractivity contribution is 6.11. The van der Waals surface area contributed by atoms with E-state index in [4.69, 9.17) is 13.7 Å². The van der Waals surface area contributed by atoms with Crippen LogP contribution in [0.3, 0.4) is 0 Å². The Bertz CT molecular complexity index is 4250. The standard InChI is InChI=1S/C68H47N/c1-6-22-47(23-7-1)50-28-20-29-51(44-50)67-59-35-16-18-38-62(59)68(53-30-12-4-13-31-53,54-32-14-5-15-33-54)63-46-55(41-42-60(63)67)69-64-39-19-17-34-58(64)61-45-52(40-43-65(61)69)66-56(48-24-8-2-9-25-48)36-21-37-57(66)49-26-10-3-11-27-49/h1-46,67H/i2D,3D,8D,9D,10D,11D,24D,25D,26D,27D. The molecule has 0 N–H and O–H groups in total. The molecule has 1 nitrogen and oxygen atoms in total. The Kier molecular flexibility index (Phi) is 7.62. The first kappa shape index (κ1) is 31.2. The van der Waals surface area contributed by atoms with E-state index >= 15 is 0 Å². The molecule has 1 atom stereocenters. The lowest BCUT2D eigenvalue weighted by molar-refractivity contribution is 0.680. The van der Waals surface area contributed by atoms with Crippen molar-refractivity contribution in [1.29, 1.82) is 0 Å². The lowest BCUT2D eigenvalue weighted by Gasteiger charge is -2.45. The highest BCUT2D eigenvalue weighted by Gasteiger charge is 2.47. The van der Waals surface area contributed by atoms with Crippen molar-refractivity contribution in [2.24, 2.45) is 0 Å². The molecule has 0 aliphatic heterocycles. The first-order chi connectivity index (χ1) is 38.4. The van der Waals surface area contributed by atoms with Crippen LogP contribution in [0.2, 0.25) is 0 Å². The third-order valence-corrected chi connectivity index (χ3v) is 14.0. The van der Waals surface area contributed by atoms with Crippen molar-refractivity contribution >= 4 is 21.8 Å². The van der Waals surface area contributed by atoms with E-state index in [0.717, 1.165) is 55.3 Å². The summed E-state index contributed by atoms with van der Waals surface area (Å²) in [7, 11) is 0. The fourth-order valence-electron chi connectivity index (χ4n) is 11.2. The topological polar surface area (TPSA) is 4.93 Å². The van der Waals surface area contributed by atoms with Crippen LogP contribution in [0.25, 0.3) is 72.0 Å². The molecule has 324 valence electrons. The number of para-hydroxylation sites is 1. The quantitative estimate of drug-likeness (QED) is 0.143. The molecular weight excluding hydrogens is 831 g/mol. The monoisotopic (exact) mass is 887 g/mol. The normalized spacial score (nSPS) is 15.8. The zero-order chi connectivity index (χ0) is 54.4. The van der Waals surface area contributed by atoms with E-state index in [9.17, 15) is 0 Å². The fourth-order valence-corrected chi connectivity index (χ4v) is 11.2. The maximum atomic E-state index is 9.14. The van der Waals surface area contributed by atoms with Crippen molar-refractivity contribution in [2.45, 2.75) is 11.3 Å². The van der Waals surface area contributed by atoms with E-state index < -0.39 is 65.8 Å². The Morgan fingerprint density at radius 1 is 0.362 bits per heavy atom. The predicted molar refractivity (Wildman–Crippen MR) is 288 cm³/mol. The lowest BCUT2D eigenvalue weighted by atomic mass is 9.56. The first-order valence-electron chi connectivity index (χ1n) is 28.2. The summed E-state index contributed by atoms with van der Waals surface area (Å²) >= 11 is 0. The zero-order valence-electron chi connectivity index (χ0n) is 47.3. The Balaban J connectivity index is 1.09. The SMILES string of the molecule is [2H]c1c([2H])c([2H])c(-c2cccc(-c3c([2H])c([2H])c([2H])c([2H])c3[2H])c2-c2ccc3c(c2)c2ccccc2n3-c2ccc3c(c2)C(c2ccccc2)(c2ccccc2)c2ccccc2C3c2cccc(-c3ccccc3)c2)c([2H])c1[2H]. The molecule has 1 aromatic heterocycles. The van der Waals surface area contributed by atoms with Gasteiger partial charge in [0.05, 0.1) is 30.2 Å². The molecule has 12 aromatic rings. The van der Waals surface area contributed by atoms with E-state index in [1.807, 2.05) is 36.4 Å². The Morgan fingerprint density at radius 2 is 0.928 bits per heavy atom. The van der Waals surface area contributed by atoms with Crippen molar-refractivity contribution in [3.05, 3.63) is 318 Å². The second-order valence-electron chi connectivity index (χ2n) is 17.6. The minimum Gasteiger partial charge on any atom is -0.309 e. The second-order valence-corrected chi connectivity index (χ2v) is 17.6. The second kappa shape index (κ2) is 16.8. The molecule has 0 fully saturated rings. The van der Waals surface area contributed by atoms with Crippen LogP contribution in [0.15, 0.2) is 279 Å². The number of benzene rings is 11. The van der Waals surface area contributed by atoms with Gasteiger partial charge in [0.2, 0.25) is 0 Å². The van der Waals surface area contributed by atoms with Gasteiger partial charge in [0.15, 0.2) is 0 Å². The van der Waals surface area contributed by atoms with Crippen LogP contribution in [0, 0.1) is 0 Å². The van der Waals surface area contributed by atoms with Crippen molar-refractivity contribution in [1.82, 2.24) is 4.57 Å². The Hall–Kier alpha value is -8.78. The molecule has 0 saturated heterocycles. The maximum absolute atomic E-state index is 9.14. The van der Waals surface area contributed by atoms with Crippen molar-refractivity contribution in [3.8, 4) is 50.2 Å². The van der Waals surface area contributed by atoms with Gasteiger partial charge in [-0.25, -0.2) is 0 Å². The maximum Gasteiger partial charge on any atom is 0.0708 e. The van der Waals surface area contributed by atoms with E-state index in [1.165, 1.54) is 22.3 Å². The molecule has 0 spiro atoms. The van der Waals surface area contributed by atoms with Gasteiger partial charge in [-0.3, -0.25) is 0 Å². The van der Waals surface area contributed by atoms with Gasteiger partial charge < -0.3 is 4.57 Å². The van der Waals surface area contributed by atoms with E-state index in [2.05, 4.69) is 168 Å². The van der Waals surface area contributed by atoms with Gasteiger partial charge in [0, 0.05) is 22.4 Å². The summed E-state index contributed by atoms with van der Waals surface area (Å²) in [6.45, 7) is 0. The molecular formula is C68H47N. The van der Waals surface area contributed by atoms with Gasteiger partial charge >= 0.3 is 0 Å². The van der Waals surface area contributed by atoms with Crippen LogP contribution in [0.5, 0.6) is 0 Å². The average Bonchev–Trinajstić information content (AvgIpc) is 3.66. The zero-order valence-corrected chi connectivity index (χ0v) is 37.3. The van der Waals surface area contributed by atoms with Gasteiger partial charge in [-0.1, -0.05) is 248 Å². The molecule has 1 heterocycles. The van der Waals surface area contributed by atoms with Gasteiger partial charge in [-0.05, 0) is 114 Å². The minimum absolute atomic E-state index is 0.0706. The molecule has 0 amide bonds. The third-order valence-electron chi connectivity index (χ3n) is 14.0. The van der Waals surface area contributed by atoms with Crippen molar-refractivity contribution in [3.63, 3.8) is 0 Å². The van der Waals surface area contributed by atoms with Crippen LogP contribution in [0.4, 0.5) is 0 Å². The molecule has 1 aliphatic carbocycles. The minimum atomic E-state index is -0.767. The number of fused-ring (bicyclic) bond motifs is 5. The summed E-state index contributed by atoms with van der Waals surface area (Å²) in [5.41, 5.74) is 13.6. The van der Waals surface area contributed by atoms with E-state index in [-0.39, 0.29) is 28.2 Å². The molecule has 1 aliphatic rings. The highest BCUT2D eigenvalue weighted by atomic mass is 15.0. The summed E-state index contributed by atoms with van der Waals surface area (Å²) in [6, 6.07) is 70.9. The highest BCUT2D eigenvalue weighted by Crippen LogP contribution is 2.56. The molecule has 0 radical (unpaired) electrons. The molecule has 1 heteroatoms. The molecule has 11 aromatic carbocycles. The fraction of sp³-hybridized carbons (Fsp3) is 0.0294. The number of aromatic nitrogens is 1. The van der Waals surface area contributed by atoms with Crippen molar-refractivity contribution < 1.29 is 13.7 Å². The average molecular weight is 888 g/mol. The largest absolute Gasteiger partial charge is 0.309 e. The number of nitrogens with zero attached hydrogens (tertiary/aromatic N) is 1. The molecule has 13 rings (SSSR count). The van der Waals surface area contributed by atoms with Crippen LogP contribution >= 0.6 is 0 Å². The smallest absolute Gasteiger partial charge is 0.0708 e. The summed E-state index contributed by atoms with van der Waals surface area (Å²) in [5.74, 6) is -0.134. The third kappa shape index (κ3) is 6.61. The number of rotatable bonds is 8. The Morgan fingerprint density at radius 3 is 1.62 bits per heavy atom. The van der Waals surface area contributed by atoms with E-state index in [0.29, 0.717) is 11.1 Å². The van der Waals surface area contributed by atoms with Crippen molar-refractivity contribution in [2.75, 3.05) is 0 Å². The first-order valence-corrected chi connectivity index (χ1v) is 23.2. The molecule has 0 saturated carbocycles. The Labute approximate surface area is 418 Å². The van der Waals surface area contributed by atoms with Gasteiger partial charge in [0.1, 0.15) is 0 Å². The van der Waals surface area contributed by atoms with Crippen LogP contribution in [-0.4, -0.2) is 4.57 Å². The van der Waals surface area contributed by atoms with Gasteiger partial charge in [0.25, 0.3) is 0 Å².